The SMILES string of the molecule is Clc1ccc(-c2nc(CN3CCC4NCCC4C3)co2)cc1. The summed E-state index contributed by atoms with van der Waals surface area (Å²) >= 11 is 5.91. The zero-order valence-corrected chi connectivity index (χ0v) is 13.2. The summed E-state index contributed by atoms with van der Waals surface area (Å²) in [5.74, 6) is 1.47. The van der Waals surface area contributed by atoms with Crippen LogP contribution in [0.25, 0.3) is 11.5 Å². The number of fused-ring (bicyclic) bond motifs is 1. The minimum Gasteiger partial charge on any atom is -0.444 e. The zero-order chi connectivity index (χ0) is 14.9. The van der Waals surface area contributed by atoms with Crippen LogP contribution in [-0.2, 0) is 6.54 Å². The molecule has 0 bridgehead atoms. The van der Waals surface area contributed by atoms with E-state index in [9.17, 15) is 0 Å². The zero-order valence-electron chi connectivity index (χ0n) is 12.5. The third-order valence-corrected chi connectivity index (χ3v) is 5.02. The van der Waals surface area contributed by atoms with Crippen LogP contribution in [0.3, 0.4) is 0 Å². The number of hydrogen-bond acceptors (Lipinski definition) is 4. The molecule has 2 unspecified atom stereocenters. The quantitative estimate of drug-likeness (QED) is 0.944. The van der Waals surface area contributed by atoms with Crippen LogP contribution in [0.1, 0.15) is 18.5 Å². The van der Waals surface area contributed by atoms with E-state index in [1.165, 1.54) is 25.9 Å². The van der Waals surface area contributed by atoms with Crippen LogP contribution in [0.4, 0.5) is 0 Å². The molecule has 0 amide bonds. The van der Waals surface area contributed by atoms with Gasteiger partial charge in [0, 0.05) is 36.3 Å². The highest BCUT2D eigenvalue weighted by Gasteiger charge is 2.32. The van der Waals surface area contributed by atoms with E-state index in [-0.39, 0.29) is 0 Å². The smallest absolute Gasteiger partial charge is 0.226 e. The Kier molecular flexibility index (Phi) is 3.90. The van der Waals surface area contributed by atoms with Gasteiger partial charge < -0.3 is 9.73 Å². The summed E-state index contributed by atoms with van der Waals surface area (Å²) in [6, 6.07) is 8.33. The lowest BCUT2D eigenvalue weighted by molar-refractivity contribution is 0.154. The van der Waals surface area contributed by atoms with Crippen molar-refractivity contribution in [1.29, 1.82) is 0 Å². The Morgan fingerprint density at radius 1 is 1.27 bits per heavy atom. The average molecular weight is 318 g/mol. The van der Waals surface area contributed by atoms with Gasteiger partial charge in [0.05, 0.1) is 5.69 Å². The highest BCUT2D eigenvalue weighted by Crippen LogP contribution is 2.26. The molecule has 2 saturated heterocycles. The van der Waals surface area contributed by atoms with Gasteiger partial charge in [0.2, 0.25) is 5.89 Å². The number of rotatable bonds is 3. The van der Waals surface area contributed by atoms with Gasteiger partial charge in [-0.3, -0.25) is 4.90 Å². The van der Waals surface area contributed by atoms with Crippen LogP contribution in [0.2, 0.25) is 5.02 Å². The molecule has 2 aliphatic heterocycles. The van der Waals surface area contributed by atoms with E-state index >= 15 is 0 Å². The van der Waals surface area contributed by atoms with Gasteiger partial charge in [-0.2, -0.15) is 0 Å². The fourth-order valence-corrected chi connectivity index (χ4v) is 3.73. The van der Waals surface area contributed by atoms with Crippen LogP contribution in [0.5, 0.6) is 0 Å². The third kappa shape index (κ3) is 2.91. The molecule has 0 spiro atoms. The van der Waals surface area contributed by atoms with Crippen molar-refractivity contribution < 1.29 is 4.42 Å². The summed E-state index contributed by atoms with van der Waals surface area (Å²) in [6.07, 6.45) is 4.32. The summed E-state index contributed by atoms with van der Waals surface area (Å²) in [6.45, 7) is 4.35. The van der Waals surface area contributed by atoms with Crippen molar-refractivity contribution in [3.63, 3.8) is 0 Å². The highest BCUT2D eigenvalue weighted by atomic mass is 35.5. The van der Waals surface area contributed by atoms with E-state index in [4.69, 9.17) is 16.0 Å². The average Bonchev–Trinajstić information content (AvgIpc) is 3.17. The predicted octanol–water partition coefficient (Wildman–Crippen LogP) is 3.18. The second kappa shape index (κ2) is 6.03. The van der Waals surface area contributed by atoms with Crippen LogP contribution < -0.4 is 5.32 Å². The Balaban J connectivity index is 1.42. The number of aromatic nitrogens is 1. The first-order valence-electron chi connectivity index (χ1n) is 7.94. The largest absolute Gasteiger partial charge is 0.444 e. The molecule has 2 aliphatic rings. The molecule has 1 aromatic heterocycles. The van der Waals surface area contributed by atoms with Crippen LogP contribution >= 0.6 is 11.6 Å². The van der Waals surface area contributed by atoms with Gasteiger partial charge in [-0.15, -0.1) is 0 Å². The Labute approximate surface area is 135 Å². The molecule has 22 heavy (non-hydrogen) atoms. The minimum atomic E-state index is 0.670. The summed E-state index contributed by atoms with van der Waals surface area (Å²) in [4.78, 5) is 7.12. The van der Waals surface area contributed by atoms with Crippen molar-refractivity contribution >= 4 is 11.6 Å². The number of piperidine rings is 1. The summed E-state index contributed by atoms with van der Waals surface area (Å²) in [5.41, 5.74) is 1.98. The highest BCUT2D eigenvalue weighted by molar-refractivity contribution is 6.30. The maximum Gasteiger partial charge on any atom is 0.226 e. The normalized spacial score (nSPS) is 25.3. The topological polar surface area (TPSA) is 41.3 Å². The number of oxazole rings is 1. The first kappa shape index (κ1) is 14.2. The Bertz CT molecular complexity index is 640. The Hall–Kier alpha value is -1.36. The molecule has 3 heterocycles. The first-order valence-corrected chi connectivity index (χ1v) is 8.32. The van der Waals surface area contributed by atoms with E-state index in [1.54, 1.807) is 6.26 Å². The fraction of sp³-hybridized carbons (Fsp3) is 0.471. The molecule has 0 radical (unpaired) electrons. The van der Waals surface area contributed by atoms with Crippen molar-refractivity contribution in [2.24, 2.45) is 5.92 Å². The molecule has 5 heteroatoms. The van der Waals surface area contributed by atoms with Crippen LogP contribution in [0.15, 0.2) is 34.9 Å². The number of nitrogens with one attached hydrogen (secondary N) is 1. The first-order chi connectivity index (χ1) is 10.8. The van der Waals surface area contributed by atoms with E-state index in [2.05, 4.69) is 15.2 Å². The standard InChI is InChI=1S/C17H20ClN3O/c18-14-3-1-12(2-4-14)17-20-15(11-22-17)10-21-8-6-16-13(9-21)5-7-19-16/h1-4,11,13,16,19H,5-10H2. The molecule has 116 valence electrons. The van der Waals surface area contributed by atoms with Crippen LogP contribution in [0, 0.1) is 5.92 Å². The molecular weight excluding hydrogens is 298 g/mol. The monoisotopic (exact) mass is 317 g/mol. The van der Waals surface area contributed by atoms with Gasteiger partial charge in [0.25, 0.3) is 0 Å². The van der Waals surface area contributed by atoms with E-state index in [0.29, 0.717) is 5.89 Å². The molecule has 2 aromatic rings. The second-order valence-corrected chi connectivity index (χ2v) is 6.72. The van der Waals surface area contributed by atoms with Gasteiger partial charge in [-0.05, 0) is 49.6 Å². The lowest BCUT2D eigenvalue weighted by atomic mass is 9.93. The second-order valence-electron chi connectivity index (χ2n) is 6.28. The van der Waals surface area contributed by atoms with Gasteiger partial charge in [-0.1, -0.05) is 11.6 Å². The van der Waals surface area contributed by atoms with Crippen molar-refractivity contribution in [2.45, 2.75) is 25.4 Å². The van der Waals surface area contributed by atoms with Crippen molar-refractivity contribution in [1.82, 2.24) is 15.2 Å². The molecule has 1 N–H and O–H groups in total. The van der Waals surface area contributed by atoms with Gasteiger partial charge in [0.1, 0.15) is 6.26 Å². The fourth-order valence-electron chi connectivity index (χ4n) is 3.60. The summed E-state index contributed by atoms with van der Waals surface area (Å²) in [7, 11) is 0. The van der Waals surface area contributed by atoms with E-state index in [0.717, 1.165) is 41.3 Å². The third-order valence-electron chi connectivity index (χ3n) is 4.77. The van der Waals surface area contributed by atoms with Gasteiger partial charge in [-0.25, -0.2) is 4.98 Å². The van der Waals surface area contributed by atoms with E-state index < -0.39 is 0 Å². The van der Waals surface area contributed by atoms with Crippen molar-refractivity contribution in [2.75, 3.05) is 19.6 Å². The Morgan fingerprint density at radius 3 is 3.00 bits per heavy atom. The number of halogens is 1. The molecule has 2 atom stereocenters. The maximum absolute atomic E-state index is 5.91. The number of nitrogens with zero attached hydrogens (tertiary/aromatic N) is 2. The predicted molar refractivity (Wildman–Crippen MR) is 86.7 cm³/mol. The molecule has 2 fully saturated rings. The van der Waals surface area contributed by atoms with Gasteiger partial charge in [0.15, 0.2) is 0 Å². The number of hydrogen-bond donors (Lipinski definition) is 1. The maximum atomic E-state index is 5.91. The minimum absolute atomic E-state index is 0.670. The lowest BCUT2D eigenvalue weighted by Gasteiger charge is -2.34. The Morgan fingerprint density at radius 2 is 2.14 bits per heavy atom. The van der Waals surface area contributed by atoms with Gasteiger partial charge >= 0.3 is 0 Å². The molecule has 0 aliphatic carbocycles. The van der Waals surface area contributed by atoms with Crippen molar-refractivity contribution in [3.05, 3.63) is 41.2 Å². The number of benzene rings is 1. The molecule has 4 rings (SSSR count). The number of likely N-dealkylation sites (tertiary alicyclic amines) is 1. The summed E-state index contributed by atoms with van der Waals surface area (Å²) < 4.78 is 5.63. The summed E-state index contributed by atoms with van der Waals surface area (Å²) in [5, 5.41) is 4.33. The van der Waals surface area contributed by atoms with Crippen molar-refractivity contribution in [3.8, 4) is 11.5 Å². The molecular formula is C17H20ClN3O. The van der Waals surface area contributed by atoms with Crippen LogP contribution in [-0.4, -0.2) is 35.6 Å². The molecule has 0 saturated carbocycles. The lowest BCUT2D eigenvalue weighted by Crippen LogP contribution is -2.43. The van der Waals surface area contributed by atoms with E-state index in [1.807, 2.05) is 24.3 Å². The molecule has 4 nitrogen and oxygen atoms in total. The molecule has 1 aromatic carbocycles.